The summed E-state index contributed by atoms with van der Waals surface area (Å²) in [5.74, 6) is -1.81. The summed E-state index contributed by atoms with van der Waals surface area (Å²) in [4.78, 5) is 22.4. The van der Waals surface area contributed by atoms with E-state index in [1.54, 1.807) is 6.07 Å². The van der Waals surface area contributed by atoms with Gasteiger partial charge in [0.1, 0.15) is 19.0 Å². The molecule has 0 radical (unpaired) electrons. The summed E-state index contributed by atoms with van der Waals surface area (Å²) in [6, 6.07) is 15.5. The first-order chi connectivity index (χ1) is 12.0. The molecule has 0 aliphatic heterocycles. The van der Waals surface area contributed by atoms with E-state index in [4.69, 9.17) is 9.84 Å². The molecule has 0 spiro atoms. The lowest BCUT2D eigenvalue weighted by Crippen LogP contribution is -2.32. The Kier molecular flexibility index (Phi) is 7.10. The molecule has 2 N–H and O–H groups in total. The Labute approximate surface area is 145 Å². The van der Waals surface area contributed by atoms with Crippen LogP contribution in [0.15, 0.2) is 54.6 Å². The Morgan fingerprint density at radius 1 is 1.08 bits per heavy atom. The highest BCUT2D eigenvalue weighted by Gasteiger charge is 2.15. The lowest BCUT2D eigenvalue weighted by atomic mass is 9.99. The molecule has 0 fully saturated rings. The maximum atomic E-state index is 13.3. The van der Waals surface area contributed by atoms with E-state index in [1.165, 1.54) is 12.1 Å². The van der Waals surface area contributed by atoms with Crippen LogP contribution in [0.2, 0.25) is 0 Å². The molecule has 0 aromatic heterocycles. The molecule has 2 rings (SSSR count). The minimum atomic E-state index is -1.13. The number of rotatable bonds is 9. The first-order valence-electron chi connectivity index (χ1n) is 7.93. The van der Waals surface area contributed by atoms with Crippen molar-refractivity contribution in [3.05, 3.63) is 71.5 Å². The minimum absolute atomic E-state index is 0.273. The van der Waals surface area contributed by atoms with Crippen molar-refractivity contribution in [3.63, 3.8) is 0 Å². The number of benzene rings is 2. The summed E-state index contributed by atoms with van der Waals surface area (Å²) < 4.78 is 18.1. The second-order valence-corrected chi connectivity index (χ2v) is 5.59. The fourth-order valence-corrected chi connectivity index (χ4v) is 2.48. The van der Waals surface area contributed by atoms with Gasteiger partial charge in [-0.05, 0) is 36.1 Å². The molecule has 0 saturated heterocycles. The van der Waals surface area contributed by atoms with Crippen LogP contribution in [0.1, 0.15) is 23.6 Å². The second-order valence-electron chi connectivity index (χ2n) is 5.59. The van der Waals surface area contributed by atoms with Gasteiger partial charge in [0.15, 0.2) is 0 Å². The molecule has 0 bridgehead atoms. The van der Waals surface area contributed by atoms with Crippen molar-refractivity contribution >= 4 is 11.9 Å². The van der Waals surface area contributed by atoms with E-state index < -0.39 is 18.5 Å². The molecule has 1 amide bonds. The zero-order valence-corrected chi connectivity index (χ0v) is 13.7. The van der Waals surface area contributed by atoms with Gasteiger partial charge in [-0.2, -0.15) is 0 Å². The summed E-state index contributed by atoms with van der Waals surface area (Å²) >= 11 is 0. The van der Waals surface area contributed by atoms with Crippen molar-refractivity contribution < 1.29 is 23.8 Å². The molecule has 1 atom stereocenters. The van der Waals surface area contributed by atoms with Crippen LogP contribution in [0, 0.1) is 5.82 Å². The highest BCUT2D eigenvalue weighted by molar-refractivity contribution is 5.78. The highest BCUT2D eigenvalue weighted by Crippen LogP contribution is 2.19. The first-order valence-corrected chi connectivity index (χ1v) is 7.93. The van der Waals surface area contributed by atoms with Crippen LogP contribution in [-0.4, -0.2) is 30.2 Å². The average molecular weight is 345 g/mol. The zero-order valence-electron chi connectivity index (χ0n) is 13.7. The largest absolute Gasteiger partial charge is 0.480 e. The van der Waals surface area contributed by atoms with E-state index in [0.717, 1.165) is 11.1 Å². The summed E-state index contributed by atoms with van der Waals surface area (Å²) in [5.41, 5.74) is 1.77. The van der Waals surface area contributed by atoms with Gasteiger partial charge in [-0.25, -0.2) is 9.18 Å². The zero-order chi connectivity index (χ0) is 18.1. The Hall–Kier alpha value is -2.73. The molecule has 25 heavy (non-hydrogen) atoms. The van der Waals surface area contributed by atoms with E-state index in [-0.39, 0.29) is 18.5 Å². The number of hydrogen-bond acceptors (Lipinski definition) is 3. The predicted molar refractivity (Wildman–Crippen MR) is 90.5 cm³/mol. The molecular formula is C19H20FNO4. The first kappa shape index (κ1) is 18.6. The number of carboxylic acids is 1. The molecule has 5 nitrogen and oxygen atoms in total. The van der Waals surface area contributed by atoms with Gasteiger partial charge in [-0.3, -0.25) is 4.79 Å². The summed E-state index contributed by atoms with van der Waals surface area (Å²) in [7, 11) is 0. The molecule has 0 heterocycles. The maximum absolute atomic E-state index is 13.3. The number of nitrogens with one attached hydrogen (secondary N) is 1. The van der Waals surface area contributed by atoms with E-state index in [0.29, 0.717) is 12.8 Å². The summed E-state index contributed by atoms with van der Waals surface area (Å²) in [5, 5.41) is 11.4. The Morgan fingerprint density at radius 3 is 2.52 bits per heavy atom. The van der Waals surface area contributed by atoms with Crippen LogP contribution in [0.3, 0.4) is 0 Å². The number of aryl methyl sites for hydroxylation is 1. The number of ether oxygens (including phenoxy) is 1. The van der Waals surface area contributed by atoms with Crippen molar-refractivity contribution in [2.75, 3.05) is 13.2 Å². The van der Waals surface area contributed by atoms with Gasteiger partial charge in [-0.1, -0.05) is 42.5 Å². The fraction of sp³-hybridized carbons (Fsp3) is 0.263. The van der Waals surface area contributed by atoms with Crippen LogP contribution in [0.25, 0.3) is 0 Å². The van der Waals surface area contributed by atoms with Crippen molar-refractivity contribution in [1.29, 1.82) is 0 Å². The molecule has 2 aromatic carbocycles. The van der Waals surface area contributed by atoms with Gasteiger partial charge in [0, 0.05) is 0 Å². The van der Waals surface area contributed by atoms with Gasteiger partial charge in [0.2, 0.25) is 5.91 Å². The van der Waals surface area contributed by atoms with Crippen molar-refractivity contribution in [1.82, 2.24) is 5.32 Å². The molecule has 0 saturated carbocycles. The average Bonchev–Trinajstić information content (AvgIpc) is 2.59. The van der Waals surface area contributed by atoms with Crippen LogP contribution >= 0.6 is 0 Å². The summed E-state index contributed by atoms with van der Waals surface area (Å²) in [6.07, 6.45) is 1.17. The van der Waals surface area contributed by atoms with Gasteiger partial charge in [-0.15, -0.1) is 0 Å². The third-order valence-electron chi connectivity index (χ3n) is 3.61. The van der Waals surface area contributed by atoms with E-state index in [9.17, 15) is 14.0 Å². The topological polar surface area (TPSA) is 75.6 Å². The third-order valence-corrected chi connectivity index (χ3v) is 3.61. The van der Waals surface area contributed by atoms with Crippen LogP contribution in [0.4, 0.5) is 4.39 Å². The lowest BCUT2D eigenvalue weighted by molar-refractivity contribution is -0.143. The van der Waals surface area contributed by atoms with Gasteiger partial charge >= 0.3 is 5.97 Å². The minimum Gasteiger partial charge on any atom is -0.480 e. The number of hydrogen-bond donors (Lipinski definition) is 2. The van der Waals surface area contributed by atoms with Crippen LogP contribution < -0.4 is 5.32 Å². The number of carbonyl (C=O) groups is 2. The number of amides is 1. The number of halogens is 1. The van der Waals surface area contributed by atoms with Gasteiger partial charge in [0.25, 0.3) is 0 Å². The smallest absolute Gasteiger partial charge is 0.329 e. The Morgan fingerprint density at radius 2 is 1.84 bits per heavy atom. The number of aliphatic carboxylic acids is 1. The number of carboxylic acid groups (broad SMARTS) is 1. The van der Waals surface area contributed by atoms with Crippen molar-refractivity contribution in [2.45, 2.75) is 18.9 Å². The van der Waals surface area contributed by atoms with Gasteiger partial charge in [0.05, 0.1) is 6.04 Å². The Bertz CT molecular complexity index is 706. The molecule has 1 unspecified atom stereocenters. The molecule has 0 aliphatic carbocycles. The fourth-order valence-electron chi connectivity index (χ4n) is 2.48. The number of carbonyl (C=O) groups excluding carboxylic acids is 1. The normalized spacial score (nSPS) is 11.7. The SMILES string of the molecule is O=C(O)COCC(=O)NC(CCc1cccc(F)c1)c1ccccc1. The van der Waals surface area contributed by atoms with Crippen LogP contribution in [0.5, 0.6) is 0 Å². The molecule has 132 valence electrons. The quantitative estimate of drug-likeness (QED) is 0.733. The van der Waals surface area contributed by atoms with E-state index >= 15 is 0 Å². The Balaban J connectivity index is 1.98. The van der Waals surface area contributed by atoms with E-state index in [1.807, 2.05) is 36.4 Å². The second kappa shape index (κ2) is 9.54. The summed E-state index contributed by atoms with van der Waals surface area (Å²) in [6.45, 7) is -0.845. The lowest BCUT2D eigenvalue weighted by Gasteiger charge is -2.19. The third kappa shape index (κ3) is 6.73. The maximum Gasteiger partial charge on any atom is 0.329 e. The predicted octanol–water partition coefficient (Wildman–Crippen LogP) is 2.72. The van der Waals surface area contributed by atoms with Crippen molar-refractivity contribution in [3.8, 4) is 0 Å². The van der Waals surface area contributed by atoms with Crippen molar-refractivity contribution in [2.24, 2.45) is 0 Å². The molecule has 0 aliphatic rings. The molecule has 6 heteroatoms. The highest BCUT2D eigenvalue weighted by atomic mass is 19.1. The monoisotopic (exact) mass is 345 g/mol. The van der Waals surface area contributed by atoms with Gasteiger partial charge < -0.3 is 15.2 Å². The molecular weight excluding hydrogens is 325 g/mol. The van der Waals surface area contributed by atoms with E-state index in [2.05, 4.69) is 5.32 Å². The standard InChI is InChI=1S/C19H20FNO4/c20-16-8-4-5-14(11-16)9-10-17(15-6-2-1-3-7-15)21-18(22)12-25-13-19(23)24/h1-8,11,17H,9-10,12-13H2,(H,21,22)(H,23,24). The molecule has 2 aromatic rings. The van der Waals surface area contributed by atoms with Crippen LogP contribution in [-0.2, 0) is 20.7 Å².